The zero-order chi connectivity index (χ0) is 15.3. The molecule has 0 radical (unpaired) electrons. The SMILES string of the molecule is CC(=O)/C=C/c1ccc(N(C)C(=O)OC(C)(C)C)nc1. The van der Waals surface area contributed by atoms with Gasteiger partial charge in [0.05, 0.1) is 0 Å². The van der Waals surface area contributed by atoms with Gasteiger partial charge >= 0.3 is 6.09 Å². The lowest BCUT2D eigenvalue weighted by Gasteiger charge is -2.24. The fraction of sp³-hybridized carbons (Fsp3) is 0.400. The minimum Gasteiger partial charge on any atom is -0.443 e. The number of carbonyl (C=O) groups excluding carboxylic acids is 2. The molecule has 1 rings (SSSR count). The molecule has 0 spiro atoms. The number of rotatable bonds is 3. The van der Waals surface area contributed by atoms with Crippen molar-refractivity contribution in [3.8, 4) is 0 Å². The fourth-order valence-corrected chi connectivity index (χ4v) is 1.33. The van der Waals surface area contributed by atoms with Crippen LogP contribution in [0.25, 0.3) is 6.08 Å². The summed E-state index contributed by atoms with van der Waals surface area (Å²) in [4.78, 5) is 28.2. The average Bonchev–Trinajstić information content (AvgIpc) is 2.34. The van der Waals surface area contributed by atoms with Gasteiger partial charge in [0.1, 0.15) is 11.4 Å². The number of aromatic nitrogens is 1. The van der Waals surface area contributed by atoms with Crippen molar-refractivity contribution in [2.24, 2.45) is 0 Å². The van der Waals surface area contributed by atoms with Gasteiger partial charge in [0.25, 0.3) is 0 Å². The standard InChI is InChI=1S/C15H20N2O3/c1-11(18)6-7-12-8-9-13(16-10-12)17(5)14(19)20-15(2,3)4/h6-10H,1-5H3/b7-6+. The van der Waals surface area contributed by atoms with Crippen molar-refractivity contribution in [1.82, 2.24) is 4.98 Å². The first-order valence-corrected chi connectivity index (χ1v) is 6.30. The van der Waals surface area contributed by atoms with Crippen LogP contribution in [0.4, 0.5) is 10.6 Å². The Bertz CT molecular complexity index is 513. The van der Waals surface area contributed by atoms with E-state index in [0.717, 1.165) is 5.56 Å². The van der Waals surface area contributed by atoms with Crippen LogP contribution in [-0.4, -0.2) is 29.5 Å². The Kier molecular flexibility index (Phi) is 5.02. The summed E-state index contributed by atoms with van der Waals surface area (Å²) in [6.07, 6.45) is 4.27. The van der Waals surface area contributed by atoms with E-state index in [0.29, 0.717) is 5.82 Å². The topological polar surface area (TPSA) is 59.5 Å². The minimum atomic E-state index is -0.546. The van der Waals surface area contributed by atoms with E-state index in [-0.39, 0.29) is 5.78 Å². The first-order valence-electron chi connectivity index (χ1n) is 6.30. The molecule has 0 aliphatic rings. The van der Waals surface area contributed by atoms with Crippen LogP contribution in [0.2, 0.25) is 0 Å². The molecular weight excluding hydrogens is 256 g/mol. The molecule has 1 aromatic rings. The molecule has 0 N–H and O–H groups in total. The van der Waals surface area contributed by atoms with Crippen LogP contribution in [-0.2, 0) is 9.53 Å². The molecule has 5 heteroatoms. The summed E-state index contributed by atoms with van der Waals surface area (Å²) >= 11 is 0. The van der Waals surface area contributed by atoms with Crippen molar-refractivity contribution in [2.75, 3.05) is 11.9 Å². The summed E-state index contributed by atoms with van der Waals surface area (Å²) in [5.74, 6) is 0.458. The van der Waals surface area contributed by atoms with Gasteiger partial charge in [0.2, 0.25) is 0 Å². The van der Waals surface area contributed by atoms with Gasteiger partial charge in [0, 0.05) is 13.2 Å². The molecule has 0 atom stereocenters. The third-order valence-corrected chi connectivity index (χ3v) is 2.29. The van der Waals surface area contributed by atoms with Gasteiger partial charge in [-0.3, -0.25) is 9.69 Å². The molecule has 0 aromatic carbocycles. The summed E-state index contributed by atoms with van der Waals surface area (Å²) in [7, 11) is 1.60. The van der Waals surface area contributed by atoms with Crippen molar-refractivity contribution in [1.29, 1.82) is 0 Å². The fourth-order valence-electron chi connectivity index (χ4n) is 1.33. The number of allylic oxidation sites excluding steroid dienone is 1. The van der Waals surface area contributed by atoms with E-state index in [4.69, 9.17) is 4.74 Å². The molecule has 1 amide bonds. The molecule has 0 aliphatic carbocycles. The van der Waals surface area contributed by atoms with E-state index in [2.05, 4.69) is 4.98 Å². The van der Waals surface area contributed by atoms with Crippen molar-refractivity contribution < 1.29 is 14.3 Å². The highest BCUT2D eigenvalue weighted by atomic mass is 16.6. The van der Waals surface area contributed by atoms with E-state index in [1.807, 2.05) is 20.8 Å². The van der Waals surface area contributed by atoms with Crippen molar-refractivity contribution in [2.45, 2.75) is 33.3 Å². The summed E-state index contributed by atoms with van der Waals surface area (Å²) in [5, 5.41) is 0. The number of pyridine rings is 1. The maximum absolute atomic E-state index is 11.9. The van der Waals surface area contributed by atoms with Crippen molar-refractivity contribution in [3.63, 3.8) is 0 Å². The van der Waals surface area contributed by atoms with E-state index in [1.54, 1.807) is 31.5 Å². The summed E-state index contributed by atoms with van der Waals surface area (Å²) in [6, 6.07) is 3.48. The van der Waals surface area contributed by atoms with Crippen molar-refractivity contribution >= 4 is 23.8 Å². The van der Waals surface area contributed by atoms with Gasteiger partial charge < -0.3 is 4.74 Å². The molecule has 0 unspecified atom stereocenters. The molecule has 1 aromatic heterocycles. The Balaban J connectivity index is 2.78. The number of ether oxygens (including phenoxy) is 1. The molecule has 5 nitrogen and oxygen atoms in total. The lowest BCUT2D eigenvalue weighted by Crippen LogP contribution is -2.34. The third-order valence-electron chi connectivity index (χ3n) is 2.29. The molecule has 108 valence electrons. The Morgan fingerprint density at radius 3 is 2.40 bits per heavy atom. The van der Waals surface area contributed by atoms with Crippen LogP contribution in [0.1, 0.15) is 33.3 Å². The zero-order valence-electron chi connectivity index (χ0n) is 12.5. The molecule has 1 heterocycles. The number of hydrogen-bond donors (Lipinski definition) is 0. The number of hydrogen-bond acceptors (Lipinski definition) is 4. The summed E-state index contributed by atoms with van der Waals surface area (Å²) in [5.41, 5.74) is 0.247. The van der Waals surface area contributed by atoms with Gasteiger partial charge in [0.15, 0.2) is 5.78 Å². The van der Waals surface area contributed by atoms with E-state index < -0.39 is 11.7 Å². The van der Waals surface area contributed by atoms with Gasteiger partial charge in [-0.2, -0.15) is 0 Å². The molecule has 20 heavy (non-hydrogen) atoms. The normalized spacial score (nSPS) is 11.4. The van der Waals surface area contributed by atoms with E-state index in [1.165, 1.54) is 17.9 Å². The Morgan fingerprint density at radius 1 is 1.30 bits per heavy atom. The van der Waals surface area contributed by atoms with Crippen LogP contribution in [0, 0.1) is 0 Å². The van der Waals surface area contributed by atoms with Crippen LogP contribution < -0.4 is 4.90 Å². The van der Waals surface area contributed by atoms with Gasteiger partial charge in [-0.25, -0.2) is 9.78 Å². The Hall–Kier alpha value is -2.17. The monoisotopic (exact) mass is 276 g/mol. The molecule has 0 saturated heterocycles. The second-order valence-corrected chi connectivity index (χ2v) is 5.43. The maximum Gasteiger partial charge on any atom is 0.415 e. The first-order chi connectivity index (χ1) is 9.19. The quantitative estimate of drug-likeness (QED) is 0.796. The number of carbonyl (C=O) groups is 2. The lowest BCUT2D eigenvalue weighted by atomic mass is 10.2. The summed E-state index contributed by atoms with van der Waals surface area (Å²) in [6.45, 7) is 6.90. The number of nitrogens with zero attached hydrogens (tertiary/aromatic N) is 2. The average molecular weight is 276 g/mol. The van der Waals surface area contributed by atoms with E-state index >= 15 is 0 Å². The Labute approximate surface area is 119 Å². The second kappa shape index (κ2) is 6.32. The van der Waals surface area contributed by atoms with Crippen LogP contribution in [0.3, 0.4) is 0 Å². The number of amides is 1. The van der Waals surface area contributed by atoms with E-state index in [9.17, 15) is 9.59 Å². The molecule has 0 saturated carbocycles. The lowest BCUT2D eigenvalue weighted by molar-refractivity contribution is -0.112. The van der Waals surface area contributed by atoms with Crippen molar-refractivity contribution in [3.05, 3.63) is 30.0 Å². The second-order valence-electron chi connectivity index (χ2n) is 5.43. The minimum absolute atomic E-state index is 0.0278. The number of anilines is 1. The highest BCUT2D eigenvalue weighted by molar-refractivity contribution is 5.91. The maximum atomic E-state index is 11.9. The third kappa shape index (κ3) is 5.22. The van der Waals surface area contributed by atoms with Gasteiger partial charge in [-0.15, -0.1) is 0 Å². The molecule has 0 aliphatic heterocycles. The number of ketones is 1. The smallest absolute Gasteiger partial charge is 0.415 e. The Morgan fingerprint density at radius 2 is 1.95 bits per heavy atom. The predicted molar refractivity (Wildman–Crippen MR) is 78.6 cm³/mol. The largest absolute Gasteiger partial charge is 0.443 e. The van der Waals surface area contributed by atoms with Crippen LogP contribution in [0.15, 0.2) is 24.4 Å². The highest BCUT2D eigenvalue weighted by Gasteiger charge is 2.20. The van der Waals surface area contributed by atoms with Crippen LogP contribution in [0.5, 0.6) is 0 Å². The molecule has 0 fully saturated rings. The zero-order valence-corrected chi connectivity index (χ0v) is 12.5. The molecular formula is C15H20N2O3. The van der Waals surface area contributed by atoms with Crippen LogP contribution >= 0.6 is 0 Å². The first kappa shape index (κ1) is 15.9. The molecule has 0 bridgehead atoms. The predicted octanol–water partition coefficient (Wildman–Crippen LogP) is 3.06. The van der Waals surface area contributed by atoms with Gasteiger partial charge in [-0.05, 0) is 57.5 Å². The highest BCUT2D eigenvalue weighted by Crippen LogP contribution is 2.15. The summed E-state index contributed by atoms with van der Waals surface area (Å²) < 4.78 is 5.25. The van der Waals surface area contributed by atoms with Gasteiger partial charge in [-0.1, -0.05) is 0 Å².